The van der Waals surface area contributed by atoms with Gasteiger partial charge in [0.2, 0.25) is 0 Å². The van der Waals surface area contributed by atoms with Crippen molar-refractivity contribution in [3.8, 4) is 5.75 Å². The van der Waals surface area contributed by atoms with Crippen molar-refractivity contribution in [2.24, 2.45) is 5.92 Å². The Morgan fingerprint density at radius 1 is 1.50 bits per heavy atom. The fourth-order valence-electron chi connectivity index (χ4n) is 2.34. The van der Waals surface area contributed by atoms with Crippen LogP contribution in [-0.4, -0.2) is 26.9 Å². The second-order valence-corrected chi connectivity index (χ2v) is 4.99. The Kier molecular flexibility index (Phi) is 5.02. The van der Waals surface area contributed by atoms with E-state index >= 15 is 0 Å². The normalized spacial score (nSPS) is 21.6. The quantitative estimate of drug-likeness (QED) is 0.870. The first kappa shape index (κ1) is 13.4. The molecule has 1 fully saturated rings. The topological polar surface area (TPSA) is 30.5 Å². The molecule has 18 heavy (non-hydrogen) atoms. The maximum Gasteiger partial charge on any atom is 0.119 e. The molecule has 1 unspecified atom stereocenters. The van der Waals surface area contributed by atoms with Crippen LogP contribution >= 0.6 is 0 Å². The molecular weight excluding hydrogens is 226 g/mol. The monoisotopic (exact) mass is 249 g/mol. The van der Waals surface area contributed by atoms with Crippen molar-refractivity contribution >= 4 is 0 Å². The number of ether oxygens (including phenoxy) is 2. The fraction of sp³-hybridized carbons (Fsp3) is 0.600. The van der Waals surface area contributed by atoms with Crippen molar-refractivity contribution in [3.05, 3.63) is 29.8 Å². The van der Waals surface area contributed by atoms with Gasteiger partial charge < -0.3 is 14.8 Å². The molecule has 2 rings (SSSR count). The minimum atomic E-state index is 0.349. The zero-order valence-corrected chi connectivity index (χ0v) is 11.3. The summed E-state index contributed by atoms with van der Waals surface area (Å²) in [5, 5.41) is 3.58. The predicted molar refractivity (Wildman–Crippen MR) is 73.0 cm³/mol. The molecule has 1 saturated heterocycles. The maximum absolute atomic E-state index is 5.50. The summed E-state index contributed by atoms with van der Waals surface area (Å²) in [6.07, 6.45) is 2.47. The standard InChI is InChI=1S/C15H23NO2/c1-12(14-6-3-7-15(9-14)17-2)16-10-13-5-4-8-18-11-13/h3,6-7,9,12-13,16H,4-5,8,10-11H2,1-2H3/t12-,13?/m0/s1. The fourth-order valence-corrected chi connectivity index (χ4v) is 2.34. The molecule has 1 N–H and O–H groups in total. The molecule has 0 aromatic heterocycles. The molecule has 0 amide bonds. The van der Waals surface area contributed by atoms with E-state index in [1.54, 1.807) is 7.11 Å². The lowest BCUT2D eigenvalue weighted by Crippen LogP contribution is -2.30. The molecule has 1 aliphatic heterocycles. The second-order valence-electron chi connectivity index (χ2n) is 4.99. The summed E-state index contributed by atoms with van der Waals surface area (Å²) < 4.78 is 10.7. The van der Waals surface area contributed by atoms with E-state index in [4.69, 9.17) is 9.47 Å². The van der Waals surface area contributed by atoms with Crippen molar-refractivity contribution in [1.29, 1.82) is 0 Å². The van der Waals surface area contributed by atoms with E-state index < -0.39 is 0 Å². The Balaban J connectivity index is 1.84. The van der Waals surface area contributed by atoms with E-state index in [1.807, 2.05) is 12.1 Å². The second kappa shape index (κ2) is 6.76. The Morgan fingerprint density at radius 2 is 2.39 bits per heavy atom. The van der Waals surface area contributed by atoms with E-state index in [0.717, 1.165) is 25.5 Å². The van der Waals surface area contributed by atoms with Crippen LogP contribution in [-0.2, 0) is 4.74 Å². The van der Waals surface area contributed by atoms with E-state index in [1.165, 1.54) is 18.4 Å². The largest absolute Gasteiger partial charge is 0.497 e. The highest BCUT2D eigenvalue weighted by molar-refractivity contribution is 5.30. The summed E-state index contributed by atoms with van der Waals surface area (Å²) in [7, 11) is 1.70. The van der Waals surface area contributed by atoms with Crippen LogP contribution in [0.4, 0.5) is 0 Å². The summed E-state index contributed by atoms with van der Waals surface area (Å²) in [6, 6.07) is 8.59. The maximum atomic E-state index is 5.50. The molecule has 100 valence electrons. The lowest BCUT2D eigenvalue weighted by molar-refractivity contribution is 0.0540. The lowest BCUT2D eigenvalue weighted by atomic mass is 10.0. The van der Waals surface area contributed by atoms with Crippen LogP contribution in [0.2, 0.25) is 0 Å². The molecule has 3 heteroatoms. The summed E-state index contributed by atoms with van der Waals surface area (Å²) in [5.41, 5.74) is 1.27. The van der Waals surface area contributed by atoms with Crippen molar-refractivity contribution in [1.82, 2.24) is 5.32 Å². The molecule has 2 atom stereocenters. The van der Waals surface area contributed by atoms with Gasteiger partial charge in [-0.2, -0.15) is 0 Å². The van der Waals surface area contributed by atoms with Crippen molar-refractivity contribution in [2.45, 2.75) is 25.8 Å². The number of methoxy groups -OCH3 is 1. The summed E-state index contributed by atoms with van der Waals surface area (Å²) in [6.45, 7) is 5.05. The zero-order valence-electron chi connectivity index (χ0n) is 11.3. The van der Waals surface area contributed by atoms with Gasteiger partial charge in [-0.15, -0.1) is 0 Å². The van der Waals surface area contributed by atoms with E-state index in [-0.39, 0.29) is 0 Å². The minimum absolute atomic E-state index is 0.349. The number of nitrogens with one attached hydrogen (secondary N) is 1. The van der Waals surface area contributed by atoms with Gasteiger partial charge in [-0.3, -0.25) is 0 Å². The van der Waals surface area contributed by atoms with Crippen LogP contribution in [0.25, 0.3) is 0 Å². The average Bonchev–Trinajstić information content (AvgIpc) is 2.46. The molecule has 0 radical (unpaired) electrons. The van der Waals surface area contributed by atoms with Gasteiger partial charge in [0.15, 0.2) is 0 Å². The molecular formula is C15H23NO2. The molecule has 3 nitrogen and oxygen atoms in total. The highest BCUT2D eigenvalue weighted by atomic mass is 16.5. The average molecular weight is 249 g/mol. The summed E-state index contributed by atoms with van der Waals surface area (Å²) >= 11 is 0. The van der Waals surface area contributed by atoms with Gasteiger partial charge in [-0.1, -0.05) is 12.1 Å². The van der Waals surface area contributed by atoms with Crippen molar-refractivity contribution < 1.29 is 9.47 Å². The predicted octanol–water partition coefficient (Wildman–Crippen LogP) is 2.77. The first-order chi connectivity index (χ1) is 8.79. The Bertz CT molecular complexity index is 361. The summed E-state index contributed by atoms with van der Waals surface area (Å²) in [4.78, 5) is 0. The van der Waals surface area contributed by atoms with Crippen LogP contribution in [0.1, 0.15) is 31.4 Å². The van der Waals surface area contributed by atoms with Gasteiger partial charge in [0.05, 0.1) is 13.7 Å². The van der Waals surface area contributed by atoms with E-state index in [2.05, 4.69) is 24.4 Å². The Hall–Kier alpha value is -1.06. The van der Waals surface area contributed by atoms with E-state index in [0.29, 0.717) is 12.0 Å². The summed E-state index contributed by atoms with van der Waals surface area (Å²) in [5.74, 6) is 1.58. The lowest BCUT2D eigenvalue weighted by Gasteiger charge is -2.24. The van der Waals surface area contributed by atoms with Crippen LogP contribution in [0.15, 0.2) is 24.3 Å². The molecule has 1 aromatic carbocycles. The first-order valence-electron chi connectivity index (χ1n) is 6.74. The number of hydrogen-bond acceptors (Lipinski definition) is 3. The van der Waals surface area contributed by atoms with Gasteiger partial charge in [-0.05, 0) is 43.4 Å². The molecule has 1 aromatic rings. The highest BCUT2D eigenvalue weighted by Gasteiger charge is 2.15. The zero-order chi connectivity index (χ0) is 12.8. The molecule has 1 heterocycles. The smallest absolute Gasteiger partial charge is 0.119 e. The van der Waals surface area contributed by atoms with Crippen molar-refractivity contribution in [2.75, 3.05) is 26.9 Å². The number of benzene rings is 1. The van der Waals surface area contributed by atoms with Crippen LogP contribution in [0.5, 0.6) is 5.75 Å². The minimum Gasteiger partial charge on any atom is -0.497 e. The molecule has 1 aliphatic rings. The number of rotatable bonds is 5. The molecule has 0 bridgehead atoms. The van der Waals surface area contributed by atoms with Gasteiger partial charge in [0.1, 0.15) is 5.75 Å². The third-order valence-electron chi connectivity index (χ3n) is 3.56. The third-order valence-corrected chi connectivity index (χ3v) is 3.56. The van der Waals surface area contributed by atoms with Crippen LogP contribution < -0.4 is 10.1 Å². The van der Waals surface area contributed by atoms with Crippen LogP contribution in [0.3, 0.4) is 0 Å². The Morgan fingerprint density at radius 3 is 3.11 bits per heavy atom. The van der Waals surface area contributed by atoms with Crippen molar-refractivity contribution in [3.63, 3.8) is 0 Å². The van der Waals surface area contributed by atoms with Gasteiger partial charge in [0.25, 0.3) is 0 Å². The molecule has 0 aliphatic carbocycles. The third kappa shape index (κ3) is 3.72. The Labute approximate surface area is 109 Å². The van der Waals surface area contributed by atoms with Crippen LogP contribution in [0, 0.1) is 5.92 Å². The van der Waals surface area contributed by atoms with Gasteiger partial charge >= 0.3 is 0 Å². The first-order valence-corrected chi connectivity index (χ1v) is 6.74. The molecule has 0 saturated carbocycles. The van der Waals surface area contributed by atoms with Gasteiger partial charge in [-0.25, -0.2) is 0 Å². The SMILES string of the molecule is COc1cccc([C@H](C)NCC2CCCOC2)c1. The number of hydrogen-bond donors (Lipinski definition) is 1. The molecule has 0 spiro atoms. The van der Waals surface area contributed by atoms with Gasteiger partial charge in [0, 0.05) is 19.2 Å². The highest BCUT2D eigenvalue weighted by Crippen LogP contribution is 2.20. The van der Waals surface area contributed by atoms with E-state index in [9.17, 15) is 0 Å².